The predicted molar refractivity (Wildman–Crippen MR) is 79.2 cm³/mol. The molecular formula is C13H21N3O3S. The highest BCUT2D eigenvalue weighted by atomic mass is 32.2. The summed E-state index contributed by atoms with van der Waals surface area (Å²) in [6, 6.07) is 4.73. The molecular weight excluding hydrogens is 278 g/mol. The molecule has 0 aliphatic carbocycles. The minimum absolute atomic E-state index is 0.197. The summed E-state index contributed by atoms with van der Waals surface area (Å²) in [5.74, 6) is 0. The lowest BCUT2D eigenvalue weighted by atomic mass is 10.2. The van der Waals surface area contributed by atoms with Gasteiger partial charge in [0.1, 0.15) is 0 Å². The van der Waals surface area contributed by atoms with Gasteiger partial charge in [-0.15, -0.1) is 0 Å². The standard InChI is InChI=1S/C13H21N3O3S/c1-16(2)20(17,18)11-5-6-13(12(14)8-11)15-9-10-4-3-7-19-10/h5-6,8,10,15H,3-4,7,9,14H2,1-2H3. The maximum absolute atomic E-state index is 12.0. The molecule has 0 aromatic heterocycles. The van der Waals surface area contributed by atoms with Crippen molar-refractivity contribution in [2.45, 2.75) is 23.8 Å². The monoisotopic (exact) mass is 299 g/mol. The van der Waals surface area contributed by atoms with E-state index in [0.29, 0.717) is 12.2 Å². The molecule has 1 saturated heterocycles. The second kappa shape index (κ2) is 5.99. The van der Waals surface area contributed by atoms with Crippen LogP contribution >= 0.6 is 0 Å². The Bertz CT molecular complexity index is 566. The van der Waals surface area contributed by atoms with Gasteiger partial charge in [0.2, 0.25) is 10.0 Å². The number of anilines is 2. The van der Waals surface area contributed by atoms with Crippen molar-refractivity contribution in [3.63, 3.8) is 0 Å². The van der Waals surface area contributed by atoms with Crippen molar-refractivity contribution in [1.82, 2.24) is 4.31 Å². The van der Waals surface area contributed by atoms with Gasteiger partial charge < -0.3 is 15.8 Å². The van der Waals surface area contributed by atoms with Crippen molar-refractivity contribution in [3.05, 3.63) is 18.2 Å². The molecule has 0 amide bonds. The first-order valence-electron chi connectivity index (χ1n) is 6.59. The van der Waals surface area contributed by atoms with Crippen LogP contribution in [0.1, 0.15) is 12.8 Å². The summed E-state index contributed by atoms with van der Waals surface area (Å²) in [7, 11) is -0.456. The van der Waals surface area contributed by atoms with Crippen LogP contribution in [-0.2, 0) is 14.8 Å². The van der Waals surface area contributed by atoms with Gasteiger partial charge in [-0.05, 0) is 31.0 Å². The van der Waals surface area contributed by atoms with Gasteiger partial charge in [-0.3, -0.25) is 0 Å². The lowest BCUT2D eigenvalue weighted by molar-refractivity contribution is 0.120. The third-order valence-corrected chi connectivity index (χ3v) is 5.16. The summed E-state index contributed by atoms with van der Waals surface area (Å²) < 4.78 is 30.7. The van der Waals surface area contributed by atoms with Crippen molar-refractivity contribution in [3.8, 4) is 0 Å². The van der Waals surface area contributed by atoms with Gasteiger partial charge in [-0.2, -0.15) is 0 Å². The molecule has 1 aliphatic heterocycles. The third kappa shape index (κ3) is 3.23. The second-order valence-corrected chi connectivity index (χ2v) is 7.20. The molecule has 20 heavy (non-hydrogen) atoms. The van der Waals surface area contributed by atoms with E-state index in [0.717, 1.165) is 25.1 Å². The molecule has 2 rings (SSSR count). The number of hydrogen-bond acceptors (Lipinski definition) is 5. The molecule has 0 saturated carbocycles. The van der Waals surface area contributed by atoms with Gasteiger partial charge in [-0.1, -0.05) is 0 Å². The van der Waals surface area contributed by atoms with E-state index in [1.807, 2.05) is 0 Å². The zero-order valence-corrected chi connectivity index (χ0v) is 12.6. The first kappa shape index (κ1) is 15.1. The number of ether oxygens (including phenoxy) is 1. The SMILES string of the molecule is CN(C)S(=O)(=O)c1ccc(NCC2CCCO2)c(N)c1. The van der Waals surface area contributed by atoms with Crippen LogP contribution in [0.4, 0.5) is 11.4 Å². The summed E-state index contributed by atoms with van der Waals surface area (Å²) in [5, 5.41) is 3.20. The lowest BCUT2D eigenvalue weighted by Gasteiger charge is -2.16. The van der Waals surface area contributed by atoms with Crippen LogP contribution in [0.25, 0.3) is 0 Å². The molecule has 112 valence electrons. The van der Waals surface area contributed by atoms with Crippen molar-refractivity contribution in [1.29, 1.82) is 0 Å². The normalized spacial score (nSPS) is 19.4. The van der Waals surface area contributed by atoms with E-state index >= 15 is 0 Å². The van der Waals surface area contributed by atoms with E-state index in [2.05, 4.69) is 5.32 Å². The van der Waals surface area contributed by atoms with E-state index in [1.165, 1.54) is 24.5 Å². The van der Waals surface area contributed by atoms with E-state index < -0.39 is 10.0 Å². The predicted octanol–water partition coefficient (Wildman–Crippen LogP) is 1.11. The molecule has 1 unspecified atom stereocenters. The summed E-state index contributed by atoms with van der Waals surface area (Å²) in [4.78, 5) is 0.197. The smallest absolute Gasteiger partial charge is 0.242 e. The minimum Gasteiger partial charge on any atom is -0.397 e. The summed E-state index contributed by atoms with van der Waals surface area (Å²) >= 11 is 0. The Morgan fingerprint density at radius 1 is 1.45 bits per heavy atom. The van der Waals surface area contributed by atoms with Gasteiger partial charge in [0.15, 0.2) is 0 Å². The fourth-order valence-electron chi connectivity index (χ4n) is 2.10. The molecule has 1 aromatic rings. The zero-order valence-electron chi connectivity index (χ0n) is 11.8. The molecule has 1 atom stereocenters. The molecule has 1 aromatic carbocycles. The Balaban J connectivity index is 2.09. The average molecular weight is 299 g/mol. The highest BCUT2D eigenvalue weighted by molar-refractivity contribution is 7.89. The number of nitrogen functional groups attached to an aromatic ring is 1. The molecule has 0 radical (unpaired) electrons. The Labute approximate surface area is 120 Å². The molecule has 1 fully saturated rings. The number of rotatable bonds is 5. The number of hydrogen-bond donors (Lipinski definition) is 2. The fourth-order valence-corrected chi connectivity index (χ4v) is 3.04. The molecule has 1 aliphatic rings. The van der Waals surface area contributed by atoms with E-state index in [4.69, 9.17) is 10.5 Å². The van der Waals surface area contributed by atoms with Crippen LogP contribution in [0, 0.1) is 0 Å². The largest absolute Gasteiger partial charge is 0.397 e. The topological polar surface area (TPSA) is 84.7 Å². The summed E-state index contributed by atoms with van der Waals surface area (Å²) in [6.45, 7) is 1.49. The van der Waals surface area contributed by atoms with Gasteiger partial charge >= 0.3 is 0 Å². The van der Waals surface area contributed by atoms with Crippen LogP contribution < -0.4 is 11.1 Å². The van der Waals surface area contributed by atoms with Gasteiger partial charge in [0.05, 0.1) is 22.4 Å². The number of sulfonamides is 1. The number of benzene rings is 1. The third-order valence-electron chi connectivity index (χ3n) is 3.35. The Hall–Kier alpha value is -1.31. The number of nitrogens with one attached hydrogen (secondary N) is 1. The van der Waals surface area contributed by atoms with Crippen LogP contribution in [-0.4, -0.2) is 46.1 Å². The first-order valence-corrected chi connectivity index (χ1v) is 8.03. The second-order valence-electron chi connectivity index (χ2n) is 5.05. The van der Waals surface area contributed by atoms with Crippen molar-refractivity contribution in [2.24, 2.45) is 0 Å². The zero-order chi connectivity index (χ0) is 14.8. The molecule has 7 heteroatoms. The van der Waals surface area contributed by atoms with E-state index in [-0.39, 0.29) is 11.0 Å². The first-order chi connectivity index (χ1) is 9.41. The Morgan fingerprint density at radius 2 is 2.20 bits per heavy atom. The van der Waals surface area contributed by atoms with Crippen molar-refractivity contribution < 1.29 is 13.2 Å². The molecule has 0 spiro atoms. The van der Waals surface area contributed by atoms with Crippen LogP contribution in [0.15, 0.2) is 23.1 Å². The summed E-state index contributed by atoms with van der Waals surface area (Å²) in [6.07, 6.45) is 2.33. The molecule has 1 heterocycles. The number of nitrogens with two attached hydrogens (primary N) is 1. The van der Waals surface area contributed by atoms with Crippen molar-refractivity contribution >= 4 is 21.4 Å². The highest BCUT2D eigenvalue weighted by Gasteiger charge is 2.19. The Morgan fingerprint density at radius 3 is 2.75 bits per heavy atom. The molecule has 3 N–H and O–H groups in total. The van der Waals surface area contributed by atoms with Crippen LogP contribution in [0.2, 0.25) is 0 Å². The van der Waals surface area contributed by atoms with E-state index in [9.17, 15) is 8.42 Å². The average Bonchev–Trinajstić information content (AvgIpc) is 2.90. The quantitative estimate of drug-likeness (QED) is 0.796. The minimum atomic E-state index is -3.45. The van der Waals surface area contributed by atoms with Gasteiger partial charge in [-0.25, -0.2) is 12.7 Å². The fraction of sp³-hybridized carbons (Fsp3) is 0.538. The summed E-state index contributed by atoms with van der Waals surface area (Å²) in [5.41, 5.74) is 7.07. The van der Waals surface area contributed by atoms with Crippen molar-refractivity contribution in [2.75, 3.05) is 38.3 Å². The molecule has 6 nitrogen and oxygen atoms in total. The number of nitrogens with zero attached hydrogens (tertiary/aromatic N) is 1. The van der Waals surface area contributed by atoms with Crippen LogP contribution in [0.5, 0.6) is 0 Å². The maximum atomic E-state index is 12.0. The van der Waals surface area contributed by atoms with Gasteiger partial charge in [0, 0.05) is 27.2 Å². The van der Waals surface area contributed by atoms with Crippen LogP contribution in [0.3, 0.4) is 0 Å². The molecule has 0 bridgehead atoms. The highest BCUT2D eigenvalue weighted by Crippen LogP contribution is 2.24. The lowest BCUT2D eigenvalue weighted by Crippen LogP contribution is -2.22. The Kier molecular flexibility index (Phi) is 4.52. The van der Waals surface area contributed by atoms with E-state index in [1.54, 1.807) is 12.1 Å². The maximum Gasteiger partial charge on any atom is 0.242 e. The van der Waals surface area contributed by atoms with Gasteiger partial charge in [0.25, 0.3) is 0 Å².